The third-order valence-corrected chi connectivity index (χ3v) is 3.87. The molecule has 0 aliphatic heterocycles. The number of para-hydroxylation sites is 1. The van der Waals surface area contributed by atoms with Gasteiger partial charge in [-0.25, -0.2) is 4.98 Å². The van der Waals surface area contributed by atoms with E-state index in [2.05, 4.69) is 49.4 Å². The molecule has 128 valence electrons. The van der Waals surface area contributed by atoms with E-state index >= 15 is 0 Å². The lowest BCUT2D eigenvalue weighted by molar-refractivity contribution is 0.0952. The summed E-state index contributed by atoms with van der Waals surface area (Å²) in [5.41, 5.74) is 2.88. The Hall–Kier alpha value is -2.36. The van der Waals surface area contributed by atoms with Crippen LogP contribution in [0.3, 0.4) is 0 Å². The van der Waals surface area contributed by atoms with E-state index in [1.165, 1.54) is 5.56 Å². The van der Waals surface area contributed by atoms with Crippen LogP contribution in [0.5, 0.6) is 0 Å². The molecule has 4 nitrogen and oxygen atoms in total. The van der Waals surface area contributed by atoms with Crippen molar-refractivity contribution in [3.8, 4) is 0 Å². The molecule has 0 fully saturated rings. The molecular weight excluding hydrogens is 298 g/mol. The summed E-state index contributed by atoms with van der Waals surface area (Å²) < 4.78 is 0. The van der Waals surface area contributed by atoms with E-state index in [0.29, 0.717) is 29.8 Å². The number of hydrogen-bond donors (Lipinski definition) is 2. The summed E-state index contributed by atoms with van der Waals surface area (Å²) in [5.74, 6) is 1.61. The van der Waals surface area contributed by atoms with Crippen molar-refractivity contribution in [2.45, 2.75) is 40.0 Å². The molecular formula is C20H27N3O. The zero-order valence-electron chi connectivity index (χ0n) is 15.0. The molecule has 2 aromatic rings. The van der Waals surface area contributed by atoms with Crippen LogP contribution in [0, 0.1) is 5.92 Å². The van der Waals surface area contributed by atoms with Crippen LogP contribution in [0.2, 0.25) is 0 Å². The number of nitrogens with zero attached hydrogens (tertiary/aromatic N) is 1. The second-order valence-electron chi connectivity index (χ2n) is 6.74. The minimum atomic E-state index is -0.0572. The lowest BCUT2D eigenvalue weighted by atomic mass is 10.0. The van der Waals surface area contributed by atoms with E-state index in [-0.39, 0.29) is 5.91 Å². The summed E-state index contributed by atoms with van der Waals surface area (Å²) in [5, 5.41) is 6.29. The van der Waals surface area contributed by atoms with Gasteiger partial charge < -0.3 is 10.6 Å². The van der Waals surface area contributed by atoms with Crippen molar-refractivity contribution >= 4 is 17.4 Å². The zero-order valence-corrected chi connectivity index (χ0v) is 15.0. The molecule has 1 heterocycles. The van der Waals surface area contributed by atoms with Crippen molar-refractivity contribution in [3.05, 3.63) is 53.7 Å². The summed E-state index contributed by atoms with van der Waals surface area (Å²) in [4.78, 5) is 16.6. The zero-order chi connectivity index (χ0) is 17.5. The molecule has 2 N–H and O–H groups in total. The third-order valence-electron chi connectivity index (χ3n) is 3.87. The second kappa shape index (κ2) is 8.48. The molecule has 0 saturated carbocycles. The molecule has 0 bridgehead atoms. The fourth-order valence-corrected chi connectivity index (χ4v) is 2.47. The van der Waals surface area contributed by atoms with Crippen molar-refractivity contribution in [2.24, 2.45) is 5.92 Å². The van der Waals surface area contributed by atoms with Gasteiger partial charge in [-0.15, -0.1) is 0 Å². The summed E-state index contributed by atoms with van der Waals surface area (Å²) in [6.45, 7) is 9.30. The van der Waals surface area contributed by atoms with Crippen LogP contribution in [-0.2, 0) is 0 Å². The van der Waals surface area contributed by atoms with Crippen LogP contribution in [0.25, 0.3) is 0 Å². The Balaban J connectivity index is 2.09. The minimum absolute atomic E-state index is 0.0572. The van der Waals surface area contributed by atoms with Gasteiger partial charge >= 0.3 is 0 Å². The van der Waals surface area contributed by atoms with Crippen LogP contribution in [0.15, 0.2) is 42.6 Å². The molecule has 0 aliphatic rings. The highest BCUT2D eigenvalue weighted by Crippen LogP contribution is 2.26. The van der Waals surface area contributed by atoms with E-state index in [4.69, 9.17) is 0 Å². The SMILES string of the molecule is CC(C)CCNC(=O)c1ccnc(Nc2ccccc2C(C)C)c1. The van der Waals surface area contributed by atoms with Crippen molar-refractivity contribution in [2.75, 3.05) is 11.9 Å². The fraction of sp³-hybridized carbons (Fsp3) is 0.400. The first-order valence-electron chi connectivity index (χ1n) is 8.57. The van der Waals surface area contributed by atoms with Gasteiger partial charge in [-0.2, -0.15) is 0 Å². The second-order valence-corrected chi connectivity index (χ2v) is 6.74. The number of carbonyl (C=O) groups excluding carboxylic acids is 1. The predicted octanol–water partition coefficient (Wildman–Crippen LogP) is 4.72. The van der Waals surface area contributed by atoms with Gasteiger partial charge in [0.1, 0.15) is 5.82 Å². The quantitative estimate of drug-likeness (QED) is 0.774. The lowest BCUT2D eigenvalue weighted by Gasteiger charge is -2.14. The van der Waals surface area contributed by atoms with Crippen LogP contribution in [-0.4, -0.2) is 17.4 Å². The standard InChI is InChI=1S/C20H27N3O/c1-14(2)9-11-22-20(24)16-10-12-21-19(13-16)23-18-8-6-5-7-17(18)15(3)4/h5-8,10,12-15H,9,11H2,1-4H3,(H,21,23)(H,22,24). The molecule has 0 spiro atoms. The van der Waals surface area contributed by atoms with Gasteiger partial charge in [0.2, 0.25) is 0 Å². The molecule has 1 aromatic carbocycles. The molecule has 1 amide bonds. The van der Waals surface area contributed by atoms with E-state index in [1.54, 1.807) is 18.3 Å². The van der Waals surface area contributed by atoms with Crippen LogP contribution >= 0.6 is 0 Å². The predicted molar refractivity (Wildman–Crippen MR) is 99.8 cm³/mol. The summed E-state index contributed by atoms with van der Waals surface area (Å²) in [7, 11) is 0. The fourth-order valence-electron chi connectivity index (χ4n) is 2.47. The average Bonchev–Trinajstić information content (AvgIpc) is 2.55. The number of carbonyl (C=O) groups is 1. The maximum absolute atomic E-state index is 12.2. The Bertz CT molecular complexity index is 680. The number of nitrogens with one attached hydrogen (secondary N) is 2. The number of benzene rings is 1. The molecule has 0 saturated heterocycles. The van der Waals surface area contributed by atoms with Crippen molar-refractivity contribution in [1.82, 2.24) is 10.3 Å². The molecule has 1 aromatic heterocycles. The van der Waals surface area contributed by atoms with Gasteiger partial charge in [-0.05, 0) is 42.0 Å². The number of amides is 1. The first-order valence-corrected chi connectivity index (χ1v) is 8.57. The maximum atomic E-state index is 12.2. The Morgan fingerprint density at radius 3 is 2.58 bits per heavy atom. The van der Waals surface area contributed by atoms with Gasteiger partial charge in [0.05, 0.1) is 0 Å². The molecule has 4 heteroatoms. The van der Waals surface area contributed by atoms with Crippen LogP contribution in [0.1, 0.15) is 56.0 Å². The van der Waals surface area contributed by atoms with Crippen LogP contribution < -0.4 is 10.6 Å². The first kappa shape index (κ1) is 18.0. The van der Waals surface area contributed by atoms with Crippen molar-refractivity contribution in [3.63, 3.8) is 0 Å². The van der Waals surface area contributed by atoms with E-state index in [0.717, 1.165) is 12.1 Å². The van der Waals surface area contributed by atoms with Crippen molar-refractivity contribution < 1.29 is 4.79 Å². The van der Waals surface area contributed by atoms with Crippen molar-refractivity contribution in [1.29, 1.82) is 0 Å². The van der Waals surface area contributed by atoms with Gasteiger partial charge in [-0.3, -0.25) is 4.79 Å². The molecule has 24 heavy (non-hydrogen) atoms. The van der Waals surface area contributed by atoms with Gasteiger partial charge in [0.15, 0.2) is 0 Å². The number of hydrogen-bond acceptors (Lipinski definition) is 3. The minimum Gasteiger partial charge on any atom is -0.352 e. The first-order chi connectivity index (χ1) is 11.5. The number of pyridine rings is 1. The molecule has 2 rings (SSSR count). The topological polar surface area (TPSA) is 54.0 Å². The highest BCUT2D eigenvalue weighted by Gasteiger charge is 2.09. The highest BCUT2D eigenvalue weighted by molar-refractivity contribution is 5.94. The summed E-state index contributed by atoms with van der Waals surface area (Å²) >= 11 is 0. The normalized spacial score (nSPS) is 10.9. The monoisotopic (exact) mass is 325 g/mol. The molecule has 0 atom stereocenters. The molecule has 0 radical (unpaired) electrons. The van der Waals surface area contributed by atoms with Gasteiger partial charge in [-0.1, -0.05) is 45.9 Å². The Kier molecular flexibility index (Phi) is 6.36. The Morgan fingerprint density at radius 2 is 1.88 bits per heavy atom. The Labute approximate surface area is 144 Å². The smallest absolute Gasteiger partial charge is 0.251 e. The number of aromatic nitrogens is 1. The lowest BCUT2D eigenvalue weighted by Crippen LogP contribution is -2.25. The van der Waals surface area contributed by atoms with E-state index < -0.39 is 0 Å². The van der Waals surface area contributed by atoms with E-state index in [1.807, 2.05) is 18.2 Å². The number of rotatable bonds is 7. The van der Waals surface area contributed by atoms with E-state index in [9.17, 15) is 4.79 Å². The Morgan fingerprint density at radius 1 is 1.12 bits per heavy atom. The molecule has 0 aliphatic carbocycles. The van der Waals surface area contributed by atoms with Gasteiger partial charge in [0, 0.05) is 24.0 Å². The van der Waals surface area contributed by atoms with Gasteiger partial charge in [0.25, 0.3) is 5.91 Å². The number of anilines is 2. The summed E-state index contributed by atoms with van der Waals surface area (Å²) in [6.07, 6.45) is 2.64. The average molecular weight is 325 g/mol. The summed E-state index contributed by atoms with van der Waals surface area (Å²) in [6, 6.07) is 11.7. The highest BCUT2D eigenvalue weighted by atomic mass is 16.1. The largest absolute Gasteiger partial charge is 0.352 e. The third kappa shape index (κ3) is 5.08. The molecule has 0 unspecified atom stereocenters. The maximum Gasteiger partial charge on any atom is 0.251 e. The van der Waals surface area contributed by atoms with Crippen LogP contribution in [0.4, 0.5) is 11.5 Å².